The van der Waals surface area contributed by atoms with Crippen LogP contribution in [0.3, 0.4) is 0 Å². The van der Waals surface area contributed by atoms with Gasteiger partial charge in [0.2, 0.25) is 0 Å². The molecule has 2 atom stereocenters. The minimum atomic E-state index is 0.415. The van der Waals surface area contributed by atoms with Gasteiger partial charge in [0.1, 0.15) is 0 Å². The minimum Gasteiger partial charge on any atom is -0.314 e. The van der Waals surface area contributed by atoms with Crippen LogP contribution in [-0.4, -0.2) is 22.4 Å². The Morgan fingerprint density at radius 3 is 2.48 bits per heavy atom. The van der Waals surface area contributed by atoms with Crippen LogP contribution < -0.4 is 5.32 Å². The van der Waals surface area contributed by atoms with Crippen molar-refractivity contribution in [2.24, 2.45) is 18.4 Å². The van der Waals surface area contributed by atoms with Gasteiger partial charge in [-0.05, 0) is 50.1 Å². The lowest BCUT2D eigenvalue weighted by Gasteiger charge is -2.27. The molecule has 0 amide bonds. The van der Waals surface area contributed by atoms with Crippen LogP contribution in [0.5, 0.6) is 0 Å². The van der Waals surface area contributed by atoms with Crippen molar-refractivity contribution in [1.82, 2.24) is 15.1 Å². The Kier molecular flexibility index (Phi) is 6.92. The summed E-state index contributed by atoms with van der Waals surface area (Å²) < 4.78 is 2.03. The molecule has 3 heteroatoms. The van der Waals surface area contributed by atoms with E-state index in [2.05, 4.69) is 65.1 Å². The van der Waals surface area contributed by atoms with Gasteiger partial charge < -0.3 is 5.32 Å². The van der Waals surface area contributed by atoms with Gasteiger partial charge in [0.25, 0.3) is 0 Å². The molecule has 0 fully saturated rings. The third-order valence-electron chi connectivity index (χ3n) is 3.89. The molecular formula is C18H35N3. The van der Waals surface area contributed by atoms with E-state index in [0.717, 1.165) is 24.6 Å². The third kappa shape index (κ3) is 7.12. The molecule has 0 spiro atoms. The maximum atomic E-state index is 4.47. The second-order valence-electron chi connectivity index (χ2n) is 7.86. The quantitative estimate of drug-likeness (QED) is 0.782. The zero-order valence-electron chi connectivity index (χ0n) is 15.2. The van der Waals surface area contributed by atoms with Gasteiger partial charge in [-0.1, -0.05) is 34.6 Å². The molecule has 1 N–H and O–H groups in total. The van der Waals surface area contributed by atoms with Gasteiger partial charge in [-0.2, -0.15) is 5.10 Å². The molecule has 2 unspecified atom stereocenters. The number of hydrogen-bond donors (Lipinski definition) is 1. The van der Waals surface area contributed by atoms with E-state index < -0.39 is 0 Å². The van der Waals surface area contributed by atoms with Crippen molar-refractivity contribution in [3.8, 4) is 0 Å². The average molecular weight is 293 g/mol. The Morgan fingerprint density at radius 2 is 2.00 bits per heavy atom. The van der Waals surface area contributed by atoms with Crippen LogP contribution in [0, 0.1) is 18.3 Å². The van der Waals surface area contributed by atoms with Gasteiger partial charge in [-0.25, -0.2) is 0 Å². The molecule has 0 saturated carbocycles. The summed E-state index contributed by atoms with van der Waals surface area (Å²) in [5.74, 6) is 0.744. The van der Waals surface area contributed by atoms with Crippen molar-refractivity contribution in [3.05, 3.63) is 17.5 Å². The SMILES string of the molecule is CCCNC(Cc1cc(C)nn1C)CC(C)CC(C)(C)C. The summed E-state index contributed by atoms with van der Waals surface area (Å²) in [6, 6.07) is 2.77. The van der Waals surface area contributed by atoms with Crippen LogP contribution in [0.1, 0.15) is 65.3 Å². The molecule has 1 heterocycles. The highest BCUT2D eigenvalue weighted by molar-refractivity contribution is 5.10. The zero-order chi connectivity index (χ0) is 16.0. The minimum absolute atomic E-state index is 0.415. The number of rotatable bonds is 8. The van der Waals surface area contributed by atoms with E-state index in [-0.39, 0.29) is 0 Å². The topological polar surface area (TPSA) is 29.9 Å². The lowest BCUT2D eigenvalue weighted by atomic mass is 9.82. The summed E-state index contributed by atoms with van der Waals surface area (Å²) in [7, 11) is 2.05. The number of hydrogen-bond acceptors (Lipinski definition) is 2. The molecule has 122 valence electrons. The zero-order valence-corrected chi connectivity index (χ0v) is 15.2. The van der Waals surface area contributed by atoms with E-state index in [1.165, 1.54) is 25.0 Å². The Bertz CT molecular complexity index is 415. The van der Waals surface area contributed by atoms with Gasteiger partial charge in [0.15, 0.2) is 0 Å². The third-order valence-corrected chi connectivity index (χ3v) is 3.89. The molecule has 21 heavy (non-hydrogen) atoms. The largest absolute Gasteiger partial charge is 0.314 e. The van der Waals surface area contributed by atoms with Gasteiger partial charge in [0, 0.05) is 25.2 Å². The molecular weight excluding hydrogens is 258 g/mol. The fourth-order valence-electron chi connectivity index (χ4n) is 3.31. The van der Waals surface area contributed by atoms with Crippen molar-refractivity contribution in [1.29, 1.82) is 0 Å². The summed E-state index contributed by atoms with van der Waals surface area (Å²) in [4.78, 5) is 0. The average Bonchev–Trinajstić information content (AvgIpc) is 2.62. The van der Waals surface area contributed by atoms with Crippen LogP contribution in [0.4, 0.5) is 0 Å². The van der Waals surface area contributed by atoms with Crippen LogP contribution in [0.2, 0.25) is 0 Å². The van der Waals surface area contributed by atoms with Crippen LogP contribution >= 0.6 is 0 Å². The Hall–Kier alpha value is -0.830. The highest BCUT2D eigenvalue weighted by Crippen LogP contribution is 2.27. The smallest absolute Gasteiger partial charge is 0.0596 e. The molecule has 1 aromatic rings. The molecule has 0 saturated heterocycles. The fraction of sp³-hybridized carbons (Fsp3) is 0.833. The molecule has 1 aromatic heterocycles. The van der Waals surface area contributed by atoms with Crippen LogP contribution in [0.15, 0.2) is 6.07 Å². The Morgan fingerprint density at radius 1 is 1.33 bits per heavy atom. The fourth-order valence-corrected chi connectivity index (χ4v) is 3.31. The molecule has 0 aliphatic rings. The maximum absolute atomic E-state index is 4.47. The highest BCUT2D eigenvalue weighted by Gasteiger charge is 2.20. The molecule has 0 radical (unpaired) electrons. The Labute approximate surface area is 131 Å². The lowest BCUT2D eigenvalue weighted by Crippen LogP contribution is -2.34. The predicted molar refractivity (Wildman–Crippen MR) is 91.6 cm³/mol. The van der Waals surface area contributed by atoms with Crippen molar-refractivity contribution in [2.75, 3.05) is 6.54 Å². The normalized spacial score (nSPS) is 15.2. The first-order valence-electron chi connectivity index (χ1n) is 8.44. The number of aromatic nitrogens is 2. The van der Waals surface area contributed by atoms with E-state index in [0.29, 0.717) is 11.5 Å². The number of nitrogens with one attached hydrogen (secondary N) is 1. The maximum Gasteiger partial charge on any atom is 0.0596 e. The van der Waals surface area contributed by atoms with E-state index in [1.807, 2.05) is 4.68 Å². The van der Waals surface area contributed by atoms with Gasteiger partial charge >= 0.3 is 0 Å². The molecule has 0 bridgehead atoms. The monoisotopic (exact) mass is 293 g/mol. The van der Waals surface area contributed by atoms with Gasteiger partial charge in [-0.3, -0.25) is 4.68 Å². The second kappa shape index (κ2) is 7.98. The van der Waals surface area contributed by atoms with Gasteiger partial charge in [0.05, 0.1) is 5.69 Å². The molecule has 1 rings (SSSR count). The van der Waals surface area contributed by atoms with E-state index >= 15 is 0 Å². The first kappa shape index (κ1) is 18.2. The molecule has 0 aromatic carbocycles. The first-order chi connectivity index (χ1) is 9.71. The highest BCUT2D eigenvalue weighted by atomic mass is 15.3. The van der Waals surface area contributed by atoms with Crippen molar-refractivity contribution < 1.29 is 0 Å². The number of nitrogens with zero attached hydrogens (tertiary/aromatic N) is 2. The Balaban J connectivity index is 2.64. The van der Waals surface area contributed by atoms with Crippen molar-refractivity contribution >= 4 is 0 Å². The van der Waals surface area contributed by atoms with E-state index in [4.69, 9.17) is 0 Å². The standard InChI is InChI=1S/C18H35N3/c1-8-9-19-16(10-14(2)13-18(4,5)6)12-17-11-15(3)20-21(17)7/h11,14,16,19H,8-10,12-13H2,1-7H3. The van der Waals surface area contributed by atoms with Crippen molar-refractivity contribution in [3.63, 3.8) is 0 Å². The molecule has 3 nitrogen and oxygen atoms in total. The first-order valence-corrected chi connectivity index (χ1v) is 8.44. The predicted octanol–water partition coefficient (Wildman–Crippen LogP) is 4.10. The van der Waals surface area contributed by atoms with E-state index in [9.17, 15) is 0 Å². The number of aryl methyl sites for hydroxylation is 2. The van der Waals surface area contributed by atoms with E-state index in [1.54, 1.807) is 0 Å². The summed E-state index contributed by atoms with van der Waals surface area (Å²) in [5, 5.41) is 8.20. The van der Waals surface area contributed by atoms with Crippen molar-refractivity contribution in [2.45, 2.75) is 73.3 Å². The summed E-state index contributed by atoms with van der Waals surface area (Å²) in [5.41, 5.74) is 2.87. The van der Waals surface area contributed by atoms with Gasteiger partial charge in [-0.15, -0.1) is 0 Å². The summed E-state index contributed by atoms with van der Waals surface area (Å²) in [6.07, 6.45) is 4.78. The molecule has 0 aliphatic carbocycles. The lowest BCUT2D eigenvalue weighted by molar-refractivity contribution is 0.273. The van der Waals surface area contributed by atoms with Crippen LogP contribution in [-0.2, 0) is 13.5 Å². The summed E-state index contributed by atoms with van der Waals surface area (Å²) >= 11 is 0. The van der Waals surface area contributed by atoms with Crippen LogP contribution in [0.25, 0.3) is 0 Å². The molecule has 0 aliphatic heterocycles. The second-order valence-corrected chi connectivity index (χ2v) is 7.86. The summed E-state index contributed by atoms with van der Waals surface area (Å²) in [6.45, 7) is 14.8.